The minimum atomic E-state index is -3.38. The average molecular weight is 225 g/mol. The second-order valence-electron chi connectivity index (χ2n) is 3.95. The molecule has 1 aliphatic rings. The highest BCUT2D eigenvalue weighted by Gasteiger charge is 2.40. The van der Waals surface area contributed by atoms with Gasteiger partial charge in [0.1, 0.15) is 10.5 Å². The van der Waals surface area contributed by atoms with Crippen molar-refractivity contribution in [3.63, 3.8) is 0 Å². The van der Waals surface area contributed by atoms with Gasteiger partial charge in [-0.15, -0.1) is 0 Å². The molecule has 1 aromatic rings. The van der Waals surface area contributed by atoms with E-state index in [9.17, 15) is 13.5 Å². The second kappa shape index (κ2) is 2.82. The predicted molar refractivity (Wildman–Crippen MR) is 56.9 cm³/mol. The Kier molecular flexibility index (Phi) is 1.91. The van der Waals surface area contributed by atoms with Crippen LogP contribution in [0.1, 0.15) is 25.1 Å². The van der Waals surface area contributed by atoms with Crippen molar-refractivity contribution in [1.82, 2.24) is 4.98 Å². The topological polar surface area (TPSA) is 67.3 Å². The van der Waals surface area contributed by atoms with E-state index in [2.05, 4.69) is 4.98 Å². The van der Waals surface area contributed by atoms with Gasteiger partial charge in [0, 0.05) is 17.2 Å². The van der Waals surface area contributed by atoms with Gasteiger partial charge in [-0.1, -0.05) is 0 Å². The molecular weight excluding hydrogens is 214 g/mol. The number of hydrogen-bond acceptors (Lipinski definition) is 4. The molecule has 15 heavy (non-hydrogen) atoms. The molecule has 5 heteroatoms. The summed E-state index contributed by atoms with van der Waals surface area (Å²) in [6.45, 7) is 3.12. The van der Waals surface area contributed by atoms with Crippen molar-refractivity contribution in [2.24, 2.45) is 0 Å². The van der Waals surface area contributed by atoms with E-state index >= 15 is 0 Å². The number of sulfone groups is 1. The van der Waals surface area contributed by atoms with Gasteiger partial charge in [-0.3, -0.25) is 4.98 Å². The van der Waals surface area contributed by atoms with Crippen molar-refractivity contribution in [1.29, 1.82) is 0 Å². The molecule has 1 N–H and O–H groups in total. The van der Waals surface area contributed by atoms with E-state index in [0.29, 0.717) is 11.3 Å². The van der Waals surface area contributed by atoms with Crippen molar-refractivity contribution in [2.75, 3.05) is 0 Å². The van der Waals surface area contributed by atoms with Crippen LogP contribution in [0.3, 0.4) is 0 Å². The second-order valence-corrected chi connectivity index (χ2v) is 6.33. The first kappa shape index (κ1) is 10.2. The maximum absolute atomic E-state index is 11.8. The normalized spacial score (nSPS) is 20.9. The molecule has 0 radical (unpaired) electrons. The molecular formula is C10H11NO3S. The van der Waals surface area contributed by atoms with E-state index in [0.717, 1.165) is 5.41 Å². The largest absolute Gasteiger partial charge is 0.507 e. The molecule has 0 aromatic carbocycles. The van der Waals surface area contributed by atoms with Crippen molar-refractivity contribution >= 4 is 15.9 Å². The average Bonchev–Trinajstić information content (AvgIpc) is 2.12. The van der Waals surface area contributed by atoms with Gasteiger partial charge in [0.15, 0.2) is 9.84 Å². The highest BCUT2D eigenvalue weighted by Crippen LogP contribution is 2.41. The van der Waals surface area contributed by atoms with Crippen LogP contribution in [-0.2, 0) is 14.6 Å². The van der Waals surface area contributed by atoms with Gasteiger partial charge in [0.05, 0.1) is 5.69 Å². The lowest BCUT2D eigenvalue weighted by Gasteiger charge is -2.28. The number of fused-ring (bicyclic) bond motifs is 1. The Balaban J connectivity index is 2.86. The zero-order valence-corrected chi connectivity index (χ0v) is 9.25. The SMILES string of the molecule is CC1(C)c2c(O)ccnc2C=CS1(=O)=O. The van der Waals surface area contributed by atoms with E-state index < -0.39 is 14.6 Å². The van der Waals surface area contributed by atoms with Crippen molar-refractivity contribution in [3.8, 4) is 5.75 Å². The molecule has 0 spiro atoms. The summed E-state index contributed by atoms with van der Waals surface area (Å²) in [7, 11) is -3.38. The van der Waals surface area contributed by atoms with Crippen LogP contribution in [0.25, 0.3) is 6.08 Å². The molecule has 1 aliphatic heterocycles. The van der Waals surface area contributed by atoms with E-state index in [4.69, 9.17) is 0 Å². The summed E-state index contributed by atoms with van der Waals surface area (Å²) in [5.74, 6) is -0.0297. The number of aromatic hydroxyl groups is 1. The molecule has 0 aliphatic carbocycles. The van der Waals surface area contributed by atoms with Crippen LogP contribution in [0.5, 0.6) is 5.75 Å². The van der Waals surface area contributed by atoms with Crippen LogP contribution >= 0.6 is 0 Å². The van der Waals surface area contributed by atoms with Crippen LogP contribution in [0, 0.1) is 0 Å². The van der Waals surface area contributed by atoms with Gasteiger partial charge < -0.3 is 5.11 Å². The van der Waals surface area contributed by atoms with Crippen LogP contribution in [0.2, 0.25) is 0 Å². The summed E-state index contributed by atoms with van der Waals surface area (Å²) >= 11 is 0. The van der Waals surface area contributed by atoms with E-state index in [-0.39, 0.29) is 5.75 Å². The molecule has 0 amide bonds. The lowest BCUT2D eigenvalue weighted by atomic mass is 9.99. The van der Waals surface area contributed by atoms with Gasteiger partial charge >= 0.3 is 0 Å². The molecule has 0 unspecified atom stereocenters. The van der Waals surface area contributed by atoms with Gasteiger partial charge in [-0.25, -0.2) is 8.42 Å². The fourth-order valence-electron chi connectivity index (χ4n) is 1.68. The Labute approximate surface area is 88.2 Å². The highest BCUT2D eigenvalue weighted by atomic mass is 32.2. The van der Waals surface area contributed by atoms with Crippen LogP contribution < -0.4 is 0 Å². The summed E-state index contributed by atoms with van der Waals surface area (Å²) in [5.41, 5.74) is 0.877. The predicted octanol–water partition coefficient (Wildman–Crippen LogP) is 1.42. The Morgan fingerprint density at radius 2 is 2.07 bits per heavy atom. The Morgan fingerprint density at radius 3 is 2.73 bits per heavy atom. The van der Waals surface area contributed by atoms with Gasteiger partial charge in [0.25, 0.3) is 0 Å². The van der Waals surface area contributed by atoms with Crippen LogP contribution in [-0.4, -0.2) is 18.5 Å². The minimum absolute atomic E-state index is 0.0297. The number of rotatable bonds is 0. The molecule has 0 saturated heterocycles. The van der Waals surface area contributed by atoms with Crippen LogP contribution in [0.4, 0.5) is 0 Å². The molecule has 0 atom stereocenters. The number of pyridine rings is 1. The van der Waals surface area contributed by atoms with Gasteiger partial charge in [0.2, 0.25) is 0 Å². The maximum atomic E-state index is 11.8. The van der Waals surface area contributed by atoms with Gasteiger partial charge in [-0.05, 0) is 26.0 Å². The third-order valence-corrected chi connectivity index (χ3v) is 4.80. The lowest BCUT2D eigenvalue weighted by Crippen LogP contribution is -2.30. The van der Waals surface area contributed by atoms with Crippen LogP contribution in [0.15, 0.2) is 17.7 Å². The third-order valence-electron chi connectivity index (χ3n) is 2.68. The summed E-state index contributed by atoms with van der Waals surface area (Å²) in [6.07, 6.45) is 2.86. The van der Waals surface area contributed by atoms with Crippen molar-refractivity contribution in [3.05, 3.63) is 28.9 Å². The smallest absolute Gasteiger partial charge is 0.181 e. The fraction of sp³-hybridized carbons (Fsp3) is 0.300. The molecule has 0 fully saturated rings. The molecule has 2 heterocycles. The zero-order chi connectivity index (χ0) is 11.3. The Bertz CT molecular complexity index is 544. The first-order valence-corrected chi connectivity index (χ1v) is 6.02. The summed E-state index contributed by atoms with van der Waals surface area (Å²) < 4.78 is 22.5. The fourth-order valence-corrected chi connectivity index (χ4v) is 2.82. The highest BCUT2D eigenvalue weighted by molar-refractivity contribution is 7.95. The van der Waals surface area contributed by atoms with E-state index in [1.165, 1.54) is 18.3 Å². The summed E-state index contributed by atoms with van der Waals surface area (Å²) in [6, 6.07) is 1.40. The maximum Gasteiger partial charge on any atom is 0.181 e. The zero-order valence-electron chi connectivity index (χ0n) is 8.43. The monoisotopic (exact) mass is 225 g/mol. The molecule has 4 nitrogen and oxygen atoms in total. The van der Waals surface area contributed by atoms with Crippen molar-refractivity contribution in [2.45, 2.75) is 18.6 Å². The number of hydrogen-bond donors (Lipinski definition) is 1. The number of aromatic nitrogens is 1. The standard InChI is InChI=1S/C10H11NO3S/c1-10(2)9-7(4-6-15(10,13)14)11-5-3-8(9)12/h3-6H,1-2H3,(H,11,12). The quantitative estimate of drug-likeness (QED) is 0.725. The first-order chi connectivity index (χ1) is 6.86. The molecule has 2 rings (SSSR count). The molecule has 1 aromatic heterocycles. The molecule has 80 valence electrons. The Morgan fingerprint density at radius 1 is 1.40 bits per heavy atom. The van der Waals surface area contributed by atoms with Crippen molar-refractivity contribution < 1.29 is 13.5 Å². The number of nitrogens with zero attached hydrogens (tertiary/aromatic N) is 1. The van der Waals surface area contributed by atoms with E-state index in [1.807, 2.05) is 0 Å². The molecule has 0 saturated carbocycles. The summed E-state index contributed by atoms with van der Waals surface area (Å²) in [5, 5.41) is 10.8. The first-order valence-electron chi connectivity index (χ1n) is 4.47. The summed E-state index contributed by atoms with van der Waals surface area (Å²) in [4.78, 5) is 4.03. The minimum Gasteiger partial charge on any atom is -0.507 e. The lowest BCUT2D eigenvalue weighted by molar-refractivity contribution is 0.455. The van der Waals surface area contributed by atoms with E-state index in [1.54, 1.807) is 13.8 Å². The molecule has 0 bridgehead atoms. The Hall–Kier alpha value is -1.36. The third kappa shape index (κ3) is 1.26. The van der Waals surface area contributed by atoms with Gasteiger partial charge in [-0.2, -0.15) is 0 Å².